The fraction of sp³-hybridized carbons (Fsp3) is 0.412. The summed E-state index contributed by atoms with van der Waals surface area (Å²) >= 11 is 0. The quantitative estimate of drug-likeness (QED) is 0.847. The number of oxazole rings is 1. The number of likely N-dealkylation sites (N-methyl/N-ethyl adjacent to an activating group) is 1. The number of carbonyl (C=O) groups is 1. The Balaban J connectivity index is 1.72. The number of aromatic nitrogens is 1. The molecule has 1 aliphatic carbocycles. The lowest BCUT2D eigenvalue weighted by Crippen LogP contribution is -2.50. The van der Waals surface area contributed by atoms with E-state index in [4.69, 9.17) is 9.15 Å². The van der Waals surface area contributed by atoms with E-state index in [0.717, 1.165) is 0 Å². The number of aliphatic hydroxyl groups excluding tert-OH is 1. The Hall–Kier alpha value is -2.38. The van der Waals surface area contributed by atoms with Gasteiger partial charge in [0.2, 0.25) is 5.76 Å². The average molecular weight is 331 g/mol. The molecule has 4 atom stereocenters. The number of nitrogens with zero attached hydrogens (tertiary/aromatic N) is 2. The fourth-order valence-electron chi connectivity index (χ4n) is 3.16. The van der Waals surface area contributed by atoms with Crippen molar-refractivity contribution < 1.29 is 19.1 Å². The van der Waals surface area contributed by atoms with Gasteiger partial charge in [0, 0.05) is 6.42 Å². The minimum Gasteiger partial charge on any atom is -0.488 e. The summed E-state index contributed by atoms with van der Waals surface area (Å²) in [6.07, 6.45) is 1.95. The first-order valence-corrected chi connectivity index (χ1v) is 7.82. The Kier molecular flexibility index (Phi) is 4.82. The summed E-state index contributed by atoms with van der Waals surface area (Å²) in [7, 11) is 3.73. The molecule has 24 heavy (non-hydrogen) atoms. The molecule has 1 saturated carbocycles. The van der Waals surface area contributed by atoms with Gasteiger partial charge in [0.25, 0.3) is 5.91 Å². The Morgan fingerprint density at radius 2 is 2.12 bits per heavy atom. The number of benzene rings is 1. The molecule has 0 aliphatic heterocycles. The first kappa shape index (κ1) is 16.5. The summed E-state index contributed by atoms with van der Waals surface area (Å²) in [5.74, 6) is 0.493. The lowest BCUT2D eigenvalue weighted by atomic mass is 10.1. The van der Waals surface area contributed by atoms with Crippen molar-refractivity contribution in [2.45, 2.75) is 30.7 Å². The second-order valence-electron chi connectivity index (χ2n) is 6.10. The van der Waals surface area contributed by atoms with Crippen LogP contribution >= 0.6 is 0 Å². The lowest BCUT2D eigenvalue weighted by Gasteiger charge is -2.29. The number of hydrogen-bond acceptors (Lipinski definition) is 6. The molecule has 3 rings (SSSR count). The van der Waals surface area contributed by atoms with E-state index in [1.165, 1.54) is 12.6 Å². The highest BCUT2D eigenvalue weighted by atomic mass is 16.5. The van der Waals surface area contributed by atoms with Gasteiger partial charge < -0.3 is 24.5 Å². The summed E-state index contributed by atoms with van der Waals surface area (Å²) in [5.41, 5.74) is 0. The molecule has 7 heteroatoms. The van der Waals surface area contributed by atoms with Crippen LogP contribution in [-0.4, -0.2) is 59.3 Å². The van der Waals surface area contributed by atoms with E-state index in [1.54, 1.807) is 0 Å². The molecular weight excluding hydrogens is 310 g/mol. The van der Waals surface area contributed by atoms with E-state index in [9.17, 15) is 9.90 Å². The summed E-state index contributed by atoms with van der Waals surface area (Å²) in [6.45, 7) is 0. The first-order valence-electron chi connectivity index (χ1n) is 7.82. The zero-order valence-electron chi connectivity index (χ0n) is 13.6. The van der Waals surface area contributed by atoms with Gasteiger partial charge >= 0.3 is 0 Å². The molecule has 1 amide bonds. The highest BCUT2D eigenvalue weighted by Gasteiger charge is 2.46. The van der Waals surface area contributed by atoms with Gasteiger partial charge in [-0.25, -0.2) is 4.98 Å². The van der Waals surface area contributed by atoms with Crippen molar-refractivity contribution in [2.24, 2.45) is 0 Å². The molecular formula is C17H21N3O4. The van der Waals surface area contributed by atoms with Crippen LogP contribution in [0.5, 0.6) is 5.75 Å². The van der Waals surface area contributed by atoms with Crippen LogP contribution in [-0.2, 0) is 0 Å². The maximum absolute atomic E-state index is 12.2. The number of para-hydroxylation sites is 1. The molecule has 0 saturated heterocycles. The van der Waals surface area contributed by atoms with E-state index in [0.29, 0.717) is 12.2 Å². The number of amides is 1. The topological polar surface area (TPSA) is 87.8 Å². The Bertz CT molecular complexity index is 660. The zero-order valence-corrected chi connectivity index (χ0v) is 13.6. The van der Waals surface area contributed by atoms with Crippen molar-refractivity contribution in [1.29, 1.82) is 0 Å². The van der Waals surface area contributed by atoms with Gasteiger partial charge in [-0.1, -0.05) is 18.2 Å². The Morgan fingerprint density at radius 1 is 1.38 bits per heavy atom. The van der Waals surface area contributed by atoms with Gasteiger partial charge in [-0.15, -0.1) is 0 Å². The van der Waals surface area contributed by atoms with Gasteiger partial charge in [0.1, 0.15) is 18.0 Å². The molecule has 2 aromatic rings. The molecule has 0 spiro atoms. The van der Waals surface area contributed by atoms with E-state index >= 15 is 0 Å². The van der Waals surface area contributed by atoms with Crippen LogP contribution in [0.25, 0.3) is 0 Å². The Labute approximate surface area is 140 Å². The lowest BCUT2D eigenvalue weighted by molar-refractivity contribution is 0.0210. The van der Waals surface area contributed by atoms with E-state index in [2.05, 4.69) is 10.3 Å². The minimum atomic E-state index is -0.722. The molecule has 0 unspecified atom stereocenters. The molecule has 2 N–H and O–H groups in total. The normalized spacial score (nSPS) is 26.5. The van der Waals surface area contributed by atoms with Gasteiger partial charge in [0.15, 0.2) is 6.39 Å². The number of rotatable bonds is 5. The second kappa shape index (κ2) is 7.02. The molecule has 1 fully saturated rings. The van der Waals surface area contributed by atoms with Crippen LogP contribution in [0.1, 0.15) is 17.0 Å². The summed E-state index contributed by atoms with van der Waals surface area (Å²) < 4.78 is 10.9. The third-order valence-electron chi connectivity index (χ3n) is 4.23. The second-order valence-corrected chi connectivity index (χ2v) is 6.10. The number of hydrogen-bond donors (Lipinski definition) is 2. The van der Waals surface area contributed by atoms with Crippen molar-refractivity contribution in [3.8, 4) is 5.75 Å². The molecule has 0 bridgehead atoms. The van der Waals surface area contributed by atoms with Gasteiger partial charge in [-0.2, -0.15) is 0 Å². The predicted octanol–water partition coefficient (Wildman–Crippen LogP) is 0.915. The van der Waals surface area contributed by atoms with Crippen molar-refractivity contribution in [1.82, 2.24) is 15.2 Å². The molecule has 1 aliphatic rings. The van der Waals surface area contributed by atoms with E-state index < -0.39 is 12.2 Å². The van der Waals surface area contributed by atoms with Gasteiger partial charge in [-0.3, -0.25) is 4.79 Å². The van der Waals surface area contributed by atoms with Crippen molar-refractivity contribution >= 4 is 5.91 Å². The Morgan fingerprint density at radius 3 is 2.75 bits per heavy atom. The van der Waals surface area contributed by atoms with Crippen molar-refractivity contribution in [3.05, 3.63) is 48.7 Å². The molecule has 0 radical (unpaired) electrons. The van der Waals surface area contributed by atoms with Gasteiger partial charge in [0.05, 0.1) is 18.3 Å². The first-order chi connectivity index (χ1) is 11.6. The van der Waals surface area contributed by atoms with Crippen molar-refractivity contribution in [3.63, 3.8) is 0 Å². The molecule has 1 aromatic carbocycles. The summed E-state index contributed by atoms with van der Waals surface area (Å²) in [5, 5.41) is 13.5. The van der Waals surface area contributed by atoms with Crippen LogP contribution in [0, 0.1) is 0 Å². The zero-order chi connectivity index (χ0) is 17.1. The number of ether oxygens (including phenoxy) is 1. The van der Waals surface area contributed by atoms with E-state index in [-0.39, 0.29) is 23.8 Å². The predicted molar refractivity (Wildman–Crippen MR) is 86.7 cm³/mol. The van der Waals surface area contributed by atoms with Gasteiger partial charge in [-0.05, 0) is 26.2 Å². The molecule has 1 aromatic heterocycles. The largest absolute Gasteiger partial charge is 0.488 e. The number of nitrogens with one attached hydrogen (secondary N) is 1. The molecule has 128 valence electrons. The maximum Gasteiger partial charge on any atom is 0.288 e. The summed E-state index contributed by atoms with van der Waals surface area (Å²) in [6, 6.07) is 8.83. The minimum absolute atomic E-state index is 0.148. The van der Waals surface area contributed by atoms with Crippen LogP contribution in [0.2, 0.25) is 0 Å². The summed E-state index contributed by atoms with van der Waals surface area (Å²) in [4.78, 5) is 17.9. The standard InChI is InChI=1S/C17H21N3O4/c1-20(2)15-12(19-17(22)14-9-18-10-23-14)8-13(16(15)21)24-11-6-4-3-5-7-11/h3-7,9-10,12-13,15-16,21H,8H2,1-2H3,(H,19,22)/t12-,13-,15+,16+/m1/s1. The average Bonchev–Trinajstić information content (AvgIpc) is 3.18. The third kappa shape index (κ3) is 3.42. The van der Waals surface area contributed by atoms with Crippen LogP contribution in [0.15, 0.2) is 47.3 Å². The smallest absolute Gasteiger partial charge is 0.288 e. The number of carbonyl (C=O) groups excluding carboxylic acids is 1. The fourth-order valence-corrected chi connectivity index (χ4v) is 3.16. The van der Waals surface area contributed by atoms with Crippen molar-refractivity contribution in [2.75, 3.05) is 14.1 Å². The molecule has 7 nitrogen and oxygen atoms in total. The van der Waals surface area contributed by atoms with Crippen LogP contribution in [0.3, 0.4) is 0 Å². The third-order valence-corrected chi connectivity index (χ3v) is 4.23. The monoisotopic (exact) mass is 331 g/mol. The number of aliphatic hydroxyl groups is 1. The highest BCUT2D eigenvalue weighted by Crippen LogP contribution is 2.28. The molecule has 1 heterocycles. The highest BCUT2D eigenvalue weighted by molar-refractivity contribution is 5.91. The maximum atomic E-state index is 12.2. The van der Waals surface area contributed by atoms with E-state index in [1.807, 2.05) is 49.3 Å². The SMILES string of the molecule is CN(C)[C@@H]1[C@@H](O)[C@H](Oc2ccccc2)C[C@H]1NC(=O)c1cnco1. The van der Waals surface area contributed by atoms with Crippen LogP contribution in [0.4, 0.5) is 0 Å². The van der Waals surface area contributed by atoms with Crippen LogP contribution < -0.4 is 10.1 Å².